The molecule has 0 saturated carbocycles. The molecule has 1 aliphatic rings. The van der Waals surface area contributed by atoms with E-state index in [1.54, 1.807) is 4.90 Å². The molecule has 0 unspecified atom stereocenters. The van der Waals surface area contributed by atoms with Crippen molar-refractivity contribution in [3.05, 3.63) is 0 Å². The summed E-state index contributed by atoms with van der Waals surface area (Å²) in [7, 11) is 0. The molecule has 18 heavy (non-hydrogen) atoms. The average Bonchev–Trinajstić information content (AvgIpc) is 2.43. The average molecular weight is 262 g/mol. The van der Waals surface area contributed by atoms with Crippen LogP contribution < -0.4 is 4.90 Å². The van der Waals surface area contributed by atoms with Gasteiger partial charge in [0.2, 0.25) is 0 Å². The zero-order valence-corrected chi connectivity index (χ0v) is 12.5. The second-order valence-corrected chi connectivity index (χ2v) is 4.36. The van der Waals surface area contributed by atoms with Crippen molar-refractivity contribution >= 4 is 0 Å². The van der Waals surface area contributed by atoms with E-state index in [4.69, 9.17) is 14.2 Å². The first-order valence-electron chi connectivity index (χ1n) is 7.41. The van der Waals surface area contributed by atoms with Crippen LogP contribution in [-0.4, -0.2) is 59.3 Å². The smallest absolute Gasteiger partial charge is 0.101 e. The Morgan fingerprint density at radius 3 is 2.06 bits per heavy atom. The molecule has 0 atom stereocenters. The van der Waals surface area contributed by atoms with Gasteiger partial charge in [-0.2, -0.15) is 0 Å². The Kier molecular flexibility index (Phi) is 14.8. The summed E-state index contributed by atoms with van der Waals surface area (Å²) < 4.78 is 15.5. The molecule has 4 nitrogen and oxygen atoms in total. The van der Waals surface area contributed by atoms with E-state index < -0.39 is 0 Å². The van der Waals surface area contributed by atoms with Crippen LogP contribution in [0.4, 0.5) is 0 Å². The molecule has 1 N–H and O–H groups in total. The van der Waals surface area contributed by atoms with E-state index in [0.717, 1.165) is 46.1 Å². The van der Waals surface area contributed by atoms with E-state index in [-0.39, 0.29) is 0 Å². The van der Waals surface area contributed by atoms with Crippen molar-refractivity contribution in [1.82, 2.24) is 0 Å². The molecule has 110 valence electrons. The fourth-order valence-corrected chi connectivity index (χ4v) is 1.77. The van der Waals surface area contributed by atoms with Crippen LogP contribution in [0.5, 0.6) is 0 Å². The highest BCUT2D eigenvalue weighted by atomic mass is 16.5. The lowest BCUT2D eigenvalue weighted by atomic mass is 10.3. The number of morpholine rings is 1. The molecule has 1 aliphatic heterocycles. The van der Waals surface area contributed by atoms with E-state index in [2.05, 4.69) is 6.92 Å². The molecule has 1 rings (SSSR count). The number of nitrogens with one attached hydrogen (secondary N) is 1. The van der Waals surface area contributed by atoms with E-state index in [9.17, 15) is 0 Å². The SMILES string of the molecule is CCCOCC.CCOCCC[NH+]1CCOCC1. The van der Waals surface area contributed by atoms with Gasteiger partial charge in [0.25, 0.3) is 0 Å². The Morgan fingerprint density at radius 1 is 0.944 bits per heavy atom. The Hall–Kier alpha value is -0.160. The zero-order chi connectivity index (χ0) is 13.5. The number of ether oxygens (including phenoxy) is 3. The summed E-state index contributed by atoms with van der Waals surface area (Å²) >= 11 is 0. The largest absolute Gasteiger partial charge is 0.382 e. The molecular formula is C14H32NO3+. The fraction of sp³-hybridized carbons (Fsp3) is 1.00. The van der Waals surface area contributed by atoms with Crippen LogP contribution in [0, 0.1) is 0 Å². The summed E-state index contributed by atoms with van der Waals surface area (Å²) in [5, 5.41) is 0. The van der Waals surface area contributed by atoms with Crippen molar-refractivity contribution in [2.24, 2.45) is 0 Å². The fourth-order valence-electron chi connectivity index (χ4n) is 1.77. The predicted molar refractivity (Wildman–Crippen MR) is 74.3 cm³/mol. The maximum absolute atomic E-state index is 5.28. The zero-order valence-electron chi connectivity index (χ0n) is 12.5. The second-order valence-electron chi connectivity index (χ2n) is 4.36. The first-order valence-corrected chi connectivity index (χ1v) is 7.41. The number of hydrogen-bond donors (Lipinski definition) is 1. The van der Waals surface area contributed by atoms with Gasteiger partial charge in [-0.3, -0.25) is 0 Å². The first kappa shape index (κ1) is 17.8. The van der Waals surface area contributed by atoms with Crippen molar-refractivity contribution < 1.29 is 19.1 Å². The lowest BCUT2D eigenvalue weighted by molar-refractivity contribution is -0.908. The van der Waals surface area contributed by atoms with Crippen molar-refractivity contribution in [3.8, 4) is 0 Å². The second kappa shape index (κ2) is 14.9. The first-order chi connectivity index (χ1) is 8.85. The van der Waals surface area contributed by atoms with Crippen LogP contribution in [0.1, 0.15) is 33.6 Å². The van der Waals surface area contributed by atoms with Gasteiger partial charge in [0.15, 0.2) is 0 Å². The molecule has 1 saturated heterocycles. The minimum atomic E-state index is 0.846. The van der Waals surface area contributed by atoms with Crippen molar-refractivity contribution in [3.63, 3.8) is 0 Å². The molecule has 0 bridgehead atoms. The van der Waals surface area contributed by atoms with Crippen LogP contribution in [0.3, 0.4) is 0 Å². The quantitative estimate of drug-likeness (QED) is 0.656. The van der Waals surface area contributed by atoms with Gasteiger partial charge >= 0.3 is 0 Å². The van der Waals surface area contributed by atoms with Gasteiger partial charge in [-0.15, -0.1) is 0 Å². The van der Waals surface area contributed by atoms with Crippen LogP contribution in [-0.2, 0) is 14.2 Å². The molecule has 0 aliphatic carbocycles. The van der Waals surface area contributed by atoms with Crippen molar-refractivity contribution in [2.45, 2.75) is 33.6 Å². The Bertz CT molecular complexity index is 146. The van der Waals surface area contributed by atoms with E-state index in [0.29, 0.717) is 0 Å². The molecule has 0 radical (unpaired) electrons. The van der Waals surface area contributed by atoms with E-state index >= 15 is 0 Å². The highest BCUT2D eigenvalue weighted by molar-refractivity contribution is 4.40. The van der Waals surface area contributed by atoms with Gasteiger partial charge in [0.05, 0.1) is 26.4 Å². The van der Waals surface area contributed by atoms with Crippen LogP contribution >= 0.6 is 0 Å². The summed E-state index contributed by atoms with van der Waals surface area (Å²) in [6.45, 7) is 15.1. The summed E-state index contributed by atoms with van der Waals surface area (Å²) in [5.74, 6) is 0. The highest BCUT2D eigenvalue weighted by Crippen LogP contribution is 1.80. The number of rotatable bonds is 8. The minimum absolute atomic E-state index is 0.846. The highest BCUT2D eigenvalue weighted by Gasteiger charge is 2.12. The van der Waals surface area contributed by atoms with E-state index in [1.165, 1.54) is 26.1 Å². The summed E-state index contributed by atoms with van der Waals surface area (Å²) in [5.41, 5.74) is 0. The third-order valence-corrected chi connectivity index (χ3v) is 2.78. The van der Waals surface area contributed by atoms with Gasteiger partial charge in [0, 0.05) is 26.2 Å². The summed E-state index contributed by atoms with van der Waals surface area (Å²) in [4.78, 5) is 1.67. The lowest BCUT2D eigenvalue weighted by Crippen LogP contribution is -3.14. The Balaban J connectivity index is 0.000000411. The molecule has 0 aromatic carbocycles. The van der Waals surface area contributed by atoms with Crippen LogP contribution in [0.25, 0.3) is 0 Å². The monoisotopic (exact) mass is 262 g/mol. The summed E-state index contributed by atoms with van der Waals surface area (Å²) in [6.07, 6.45) is 2.32. The van der Waals surface area contributed by atoms with Gasteiger partial charge in [0.1, 0.15) is 13.1 Å². The minimum Gasteiger partial charge on any atom is -0.382 e. The van der Waals surface area contributed by atoms with Gasteiger partial charge in [-0.25, -0.2) is 0 Å². The molecule has 1 heterocycles. The van der Waals surface area contributed by atoms with Crippen molar-refractivity contribution in [2.75, 3.05) is 59.3 Å². The third kappa shape index (κ3) is 12.3. The van der Waals surface area contributed by atoms with Gasteiger partial charge < -0.3 is 19.1 Å². The number of hydrogen-bond acceptors (Lipinski definition) is 3. The van der Waals surface area contributed by atoms with Crippen molar-refractivity contribution in [1.29, 1.82) is 0 Å². The Morgan fingerprint density at radius 2 is 1.56 bits per heavy atom. The topological polar surface area (TPSA) is 32.1 Å². The molecular weight excluding hydrogens is 230 g/mol. The normalized spacial score (nSPS) is 16.2. The van der Waals surface area contributed by atoms with Gasteiger partial charge in [-0.05, 0) is 20.3 Å². The molecule has 0 aromatic heterocycles. The Labute approximate surface area is 113 Å². The maximum Gasteiger partial charge on any atom is 0.101 e. The van der Waals surface area contributed by atoms with Crippen LogP contribution in [0.15, 0.2) is 0 Å². The number of quaternary nitrogens is 1. The lowest BCUT2D eigenvalue weighted by Gasteiger charge is -2.23. The standard InChI is InChI=1S/C9H19NO2.C5H12O/c1-2-11-7-3-4-10-5-8-12-9-6-10;1-3-5-6-4-2/h2-9H2,1H3;3-5H2,1-2H3/p+1. The third-order valence-electron chi connectivity index (χ3n) is 2.78. The maximum atomic E-state index is 5.28. The molecule has 0 aromatic rings. The molecule has 4 heteroatoms. The predicted octanol–water partition coefficient (Wildman–Crippen LogP) is 0.761. The van der Waals surface area contributed by atoms with Crippen LogP contribution in [0.2, 0.25) is 0 Å². The van der Waals surface area contributed by atoms with E-state index in [1.807, 2.05) is 13.8 Å². The molecule has 1 fully saturated rings. The molecule has 0 spiro atoms. The van der Waals surface area contributed by atoms with Gasteiger partial charge in [-0.1, -0.05) is 6.92 Å². The molecule has 0 amide bonds. The summed E-state index contributed by atoms with van der Waals surface area (Å²) in [6, 6.07) is 0.